The number of nitrogens with zero attached hydrogens (tertiary/aromatic N) is 2. The number of aromatic nitrogens is 3. The summed E-state index contributed by atoms with van der Waals surface area (Å²) in [6, 6.07) is 8.75. The second-order valence-corrected chi connectivity index (χ2v) is 7.51. The highest BCUT2D eigenvalue weighted by Crippen LogP contribution is 2.14. The third kappa shape index (κ3) is 4.76. The lowest BCUT2D eigenvalue weighted by atomic mass is 10.1. The zero-order chi connectivity index (χ0) is 21.8. The van der Waals surface area contributed by atoms with Crippen LogP contribution in [0.15, 0.2) is 35.1 Å². The highest BCUT2D eigenvalue weighted by molar-refractivity contribution is 5.94. The SMILES string of the molecule is CCC(C)NC(=O)c1cccc(CNC(=O)Cc2c(C)nc3cc(=O)[nH]n3c2C)c1. The number of nitrogens with one attached hydrogen (secondary N) is 3. The fraction of sp³-hybridized carbons (Fsp3) is 0.364. The van der Waals surface area contributed by atoms with Crippen molar-refractivity contribution in [3.8, 4) is 0 Å². The molecule has 0 aliphatic heterocycles. The molecule has 2 amide bonds. The van der Waals surface area contributed by atoms with E-state index in [1.54, 1.807) is 16.6 Å². The van der Waals surface area contributed by atoms with Gasteiger partial charge in [-0.2, -0.15) is 0 Å². The molecule has 2 aromatic heterocycles. The summed E-state index contributed by atoms with van der Waals surface area (Å²) in [5.41, 5.74) is 3.98. The van der Waals surface area contributed by atoms with Gasteiger partial charge in [-0.25, -0.2) is 9.50 Å². The van der Waals surface area contributed by atoms with E-state index in [0.717, 1.165) is 23.2 Å². The first-order valence-electron chi connectivity index (χ1n) is 10.0. The number of aromatic amines is 1. The fourth-order valence-corrected chi connectivity index (χ4v) is 3.27. The van der Waals surface area contributed by atoms with E-state index >= 15 is 0 Å². The second kappa shape index (κ2) is 8.94. The van der Waals surface area contributed by atoms with Crippen LogP contribution >= 0.6 is 0 Å². The Hall–Kier alpha value is -3.42. The molecular formula is C22H27N5O3. The van der Waals surface area contributed by atoms with Gasteiger partial charge in [0.15, 0.2) is 5.65 Å². The maximum absolute atomic E-state index is 12.5. The number of aryl methyl sites for hydroxylation is 2. The van der Waals surface area contributed by atoms with Crippen LogP contribution in [0.5, 0.6) is 0 Å². The molecule has 1 atom stereocenters. The van der Waals surface area contributed by atoms with Gasteiger partial charge in [0, 0.05) is 41.2 Å². The van der Waals surface area contributed by atoms with E-state index in [1.165, 1.54) is 6.07 Å². The lowest BCUT2D eigenvalue weighted by Gasteiger charge is -2.13. The van der Waals surface area contributed by atoms with Gasteiger partial charge in [-0.3, -0.25) is 19.5 Å². The van der Waals surface area contributed by atoms with Crippen molar-refractivity contribution in [2.45, 2.75) is 53.1 Å². The van der Waals surface area contributed by atoms with E-state index in [1.807, 2.05) is 39.8 Å². The first-order valence-corrected chi connectivity index (χ1v) is 10.0. The summed E-state index contributed by atoms with van der Waals surface area (Å²) in [6.45, 7) is 7.96. The Balaban J connectivity index is 1.67. The second-order valence-electron chi connectivity index (χ2n) is 7.51. The number of carbonyl (C=O) groups is 2. The van der Waals surface area contributed by atoms with Crippen molar-refractivity contribution in [3.63, 3.8) is 0 Å². The Kier molecular flexibility index (Phi) is 6.34. The van der Waals surface area contributed by atoms with E-state index < -0.39 is 0 Å². The zero-order valence-electron chi connectivity index (χ0n) is 17.7. The van der Waals surface area contributed by atoms with Gasteiger partial charge in [-0.15, -0.1) is 0 Å². The zero-order valence-corrected chi connectivity index (χ0v) is 17.7. The maximum Gasteiger partial charge on any atom is 0.266 e. The van der Waals surface area contributed by atoms with Crippen LogP contribution in [0.4, 0.5) is 0 Å². The molecule has 1 unspecified atom stereocenters. The molecule has 0 aliphatic rings. The number of fused-ring (bicyclic) bond motifs is 1. The standard InChI is InChI=1S/C22H27N5O3/c1-5-13(2)24-22(30)17-8-6-7-16(9-17)12-23-20(28)10-18-14(3)25-19-11-21(29)26-27(19)15(18)4/h6-9,11,13H,5,10,12H2,1-4H3,(H,23,28)(H,24,30)(H,26,29). The molecule has 0 saturated carbocycles. The van der Waals surface area contributed by atoms with Crippen molar-refractivity contribution in [2.75, 3.05) is 0 Å². The van der Waals surface area contributed by atoms with Gasteiger partial charge in [0.05, 0.1) is 6.42 Å². The lowest BCUT2D eigenvalue weighted by Crippen LogP contribution is -2.32. The van der Waals surface area contributed by atoms with E-state index in [-0.39, 0.29) is 29.8 Å². The largest absolute Gasteiger partial charge is 0.352 e. The molecule has 1 aromatic carbocycles. The summed E-state index contributed by atoms with van der Waals surface area (Å²) in [6.07, 6.45) is 1.01. The third-order valence-corrected chi connectivity index (χ3v) is 5.21. The van der Waals surface area contributed by atoms with Crippen molar-refractivity contribution in [2.24, 2.45) is 0 Å². The molecule has 0 radical (unpaired) electrons. The molecule has 3 rings (SSSR count). The highest BCUT2D eigenvalue weighted by Gasteiger charge is 2.14. The quantitative estimate of drug-likeness (QED) is 0.555. The Bertz CT molecular complexity index is 1150. The van der Waals surface area contributed by atoms with Crippen LogP contribution in [0.25, 0.3) is 5.65 Å². The van der Waals surface area contributed by atoms with Gasteiger partial charge in [-0.05, 0) is 44.9 Å². The summed E-state index contributed by atoms with van der Waals surface area (Å²) >= 11 is 0. The van der Waals surface area contributed by atoms with Gasteiger partial charge < -0.3 is 10.6 Å². The summed E-state index contributed by atoms with van der Waals surface area (Å²) in [5.74, 6) is -0.282. The fourth-order valence-electron chi connectivity index (χ4n) is 3.27. The Labute approximate surface area is 174 Å². The van der Waals surface area contributed by atoms with Crippen LogP contribution < -0.4 is 16.2 Å². The topological polar surface area (TPSA) is 108 Å². The van der Waals surface area contributed by atoms with Gasteiger partial charge in [-0.1, -0.05) is 19.1 Å². The van der Waals surface area contributed by atoms with Gasteiger partial charge in [0.1, 0.15) is 0 Å². The molecule has 2 heterocycles. The highest BCUT2D eigenvalue weighted by atomic mass is 16.2. The molecule has 0 aliphatic carbocycles. The number of rotatable bonds is 7. The number of hydrogen-bond donors (Lipinski definition) is 3. The Morgan fingerprint density at radius 2 is 2.00 bits per heavy atom. The minimum atomic E-state index is -0.233. The molecule has 30 heavy (non-hydrogen) atoms. The molecule has 0 fully saturated rings. The monoisotopic (exact) mass is 409 g/mol. The predicted molar refractivity (Wildman–Crippen MR) is 114 cm³/mol. The van der Waals surface area contributed by atoms with Crippen molar-refractivity contribution >= 4 is 17.5 Å². The number of hydrogen-bond acceptors (Lipinski definition) is 4. The normalized spacial score (nSPS) is 12.0. The van der Waals surface area contributed by atoms with Crippen molar-refractivity contribution in [3.05, 3.63) is 68.8 Å². The minimum Gasteiger partial charge on any atom is -0.352 e. The van der Waals surface area contributed by atoms with Crippen molar-refractivity contribution < 1.29 is 9.59 Å². The molecule has 0 saturated heterocycles. The molecule has 8 nitrogen and oxygen atoms in total. The summed E-state index contributed by atoms with van der Waals surface area (Å²) < 4.78 is 1.59. The smallest absolute Gasteiger partial charge is 0.266 e. The Morgan fingerprint density at radius 3 is 2.73 bits per heavy atom. The van der Waals surface area contributed by atoms with Crippen molar-refractivity contribution in [1.29, 1.82) is 0 Å². The van der Waals surface area contributed by atoms with Crippen LogP contribution in [0.2, 0.25) is 0 Å². The van der Waals surface area contributed by atoms with Gasteiger partial charge >= 0.3 is 0 Å². The van der Waals surface area contributed by atoms with E-state index in [0.29, 0.717) is 23.4 Å². The molecule has 3 aromatic rings. The molecular weight excluding hydrogens is 382 g/mol. The number of carbonyl (C=O) groups excluding carboxylic acids is 2. The number of amides is 2. The molecule has 8 heteroatoms. The van der Waals surface area contributed by atoms with Gasteiger partial charge in [0.25, 0.3) is 11.5 Å². The van der Waals surface area contributed by atoms with Crippen LogP contribution in [0, 0.1) is 13.8 Å². The van der Waals surface area contributed by atoms with E-state index in [4.69, 9.17) is 0 Å². The van der Waals surface area contributed by atoms with Crippen LogP contribution in [-0.2, 0) is 17.8 Å². The molecule has 0 spiro atoms. The number of H-pyrrole nitrogens is 1. The maximum atomic E-state index is 12.5. The minimum absolute atomic E-state index is 0.105. The predicted octanol–water partition coefficient (Wildman–Crippen LogP) is 2.03. The van der Waals surface area contributed by atoms with Crippen LogP contribution in [0.1, 0.15) is 53.1 Å². The van der Waals surface area contributed by atoms with Crippen LogP contribution in [-0.4, -0.2) is 32.5 Å². The first kappa shape index (κ1) is 21.3. The third-order valence-electron chi connectivity index (χ3n) is 5.21. The molecule has 3 N–H and O–H groups in total. The molecule has 158 valence electrons. The summed E-state index contributed by atoms with van der Waals surface area (Å²) in [5, 5.41) is 8.52. The molecule has 0 bridgehead atoms. The van der Waals surface area contributed by atoms with Crippen LogP contribution in [0.3, 0.4) is 0 Å². The average Bonchev–Trinajstić information content (AvgIpc) is 3.09. The lowest BCUT2D eigenvalue weighted by molar-refractivity contribution is -0.120. The van der Waals surface area contributed by atoms with E-state index in [9.17, 15) is 14.4 Å². The first-order chi connectivity index (χ1) is 14.3. The average molecular weight is 409 g/mol. The van der Waals surface area contributed by atoms with E-state index in [2.05, 4.69) is 20.7 Å². The van der Waals surface area contributed by atoms with Crippen molar-refractivity contribution in [1.82, 2.24) is 25.2 Å². The summed E-state index contributed by atoms with van der Waals surface area (Å²) in [4.78, 5) is 40.8. The Morgan fingerprint density at radius 1 is 1.23 bits per heavy atom. The number of benzene rings is 1. The van der Waals surface area contributed by atoms with Gasteiger partial charge in [0.2, 0.25) is 5.91 Å². The summed E-state index contributed by atoms with van der Waals surface area (Å²) in [7, 11) is 0.